The third kappa shape index (κ3) is 4.43. The second-order valence-corrected chi connectivity index (χ2v) is 6.01. The SMILES string of the molecule is CCCNCCNC(=O)c1oc2ccccc2c1COc1ccccc1. The molecule has 0 atom stereocenters. The normalized spacial score (nSPS) is 10.8. The van der Waals surface area contributed by atoms with Gasteiger partial charge in [0.2, 0.25) is 0 Å². The Morgan fingerprint density at radius 3 is 2.58 bits per heavy atom. The van der Waals surface area contributed by atoms with E-state index in [1.807, 2.05) is 54.6 Å². The summed E-state index contributed by atoms with van der Waals surface area (Å²) in [7, 11) is 0. The number of para-hydroxylation sites is 2. The first-order valence-electron chi connectivity index (χ1n) is 8.96. The molecule has 5 heteroatoms. The van der Waals surface area contributed by atoms with Crippen molar-refractivity contribution in [3.8, 4) is 5.75 Å². The highest BCUT2D eigenvalue weighted by molar-refractivity contribution is 5.99. The van der Waals surface area contributed by atoms with Gasteiger partial charge in [0.05, 0.1) is 0 Å². The van der Waals surface area contributed by atoms with E-state index < -0.39 is 0 Å². The van der Waals surface area contributed by atoms with Crippen LogP contribution >= 0.6 is 0 Å². The standard InChI is InChI=1S/C21H24N2O3/c1-2-12-22-13-14-23-21(24)20-18(15-25-16-8-4-3-5-9-16)17-10-6-7-11-19(17)26-20/h3-11,22H,2,12-15H2,1H3,(H,23,24). The lowest BCUT2D eigenvalue weighted by Crippen LogP contribution is -2.32. The molecule has 0 bridgehead atoms. The Bertz CT molecular complexity index is 843. The van der Waals surface area contributed by atoms with Gasteiger partial charge in [-0.2, -0.15) is 0 Å². The summed E-state index contributed by atoms with van der Waals surface area (Å²) >= 11 is 0. The van der Waals surface area contributed by atoms with Crippen LogP contribution in [-0.2, 0) is 6.61 Å². The molecule has 0 unspecified atom stereocenters. The summed E-state index contributed by atoms with van der Waals surface area (Å²) in [5.74, 6) is 0.858. The van der Waals surface area contributed by atoms with Gasteiger partial charge in [-0.3, -0.25) is 4.79 Å². The summed E-state index contributed by atoms with van der Waals surface area (Å²) in [6.45, 7) is 4.61. The third-order valence-corrected chi connectivity index (χ3v) is 4.05. The predicted octanol–water partition coefficient (Wildman–Crippen LogP) is 3.74. The molecule has 3 rings (SSSR count). The van der Waals surface area contributed by atoms with Crippen LogP contribution in [0, 0.1) is 0 Å². The predicted molar refractivity (Wildman–Crippen MR) is 102 cm³/mol. The molecule has 5 nitrogen and oxygen atoms in total. The molecule has 0 fully saturated rings. The summed E-state index contributed by atoms with van der Waals surface area (Å²) in [6, 6.07) is 17.2. The zero-order valence-corrected chi connectivity index (χ0v) is 15.0. The van der Waals surface area contributed by atoms with Crippen LogP contribution in [0.2, 0.25) is 0 Å². The maximum atomic E-state index is 12.6. The average molecular weight is 352 g/mol. The highest BCUT2D eigenvalue weighted by atomic mass is 16.5. The quantitative estimate of drug-likeness (QED) is 0.576. The molecule has 1 aromatic heterocycles. The van der Waals surface area contributed by atoms with Gasteiger partial charge in [0, 0.05) is 24.0 Å². The largest absolute Gasteiger partial charge is 0.489 e. The minimum absolute atomic E-state index is 0.217. The number of benzene rings is 2. The van der Waals surface area contributed by atoms with Gasteiger partial charge in [0.15, 0.2) is 5.76 Å². The van der Waals surface area contributed by atoms with Crippen LogP contribution in [0.3, 0.4) is 0 Å². The fourth-order valence-corrected chi connectivity index (χ4v) is 2.74. The van der Waals surface area contributed by atoms with Crippen LogP contribution in [0.15, 0.2) is 59.0 Å². The van der Waals surface area contributed by atoms with E-state index in [9.17, 15) is 4.79 Å². The van der Waals surface area contributed by atoms with E-state index in [1.165, 1.54) is 0 Å². The number of rotatable bonds is 9. The van der Waals surface area contributed by atoms with E-state index in [2.05, 4.69) is 17.6 Å². The van der Waals surface area contributed by atoms with E-state index in [0.717, 1.165) is 36.2 Å². The summed E-state index contributed by atoms with van der Waals surface area (Å²) in [5.41, 5.74) is 1.46. The van der Waals surface area contributed by atoms with E-state index >= 15 is 0 Å². The summed E-state index contributed by atoms with van der Waals surface area (Å²) in [5, 5.41) is 7.07. The van der Waals surface area contributed by atoms with E-state index in [-0.39, 0.29) is 12.5 Å². The Morgan fingerprint density at radius 1 is 1.00 bits per heavy atom. The van der Waals surface area contributed by atoms with Crippen molar-refractivity contribution < 1.29 is 13.9 Å². The number of hydrogen-bond acceptors (Lipinski definition) is 4. The summed E-state index contributed by atoms with van der Waals surface area (Å²) < 4.78 is 11.7. The number of carbonyl (C=O) groups excluding carboxylic acids is 1. The Hall–Kier alpha value is -2.79. The molecule has 0 aliphatic heterocycles. The first kappa shape index (κ1) is 18.0. The van der Waals surface area contributed by atoms with Crippen molar-refractivity contribution >= 4 is 16.9 Å². The molecular formula is C21H24N2O3. The van der Waals surface area contributed by atoms with Crippen molar-refractivity contribution in [3.63, 3.8) is 0 Å². The lowest BCUT2D eigenvalue weighted by atomic mass is 10.1. The van der Waals surface area contributed by atoms with Gasteiger partial charge >= 0.3 is 0 Å². The summed E-state index contributed by atoms with van der Waals surface area (Å²) in [4.78, 5) is 12.6. The smallest absolute Gasteiger partial charge is 0.287 e. The molecule has 0 spiro atoms. The molecule has 2 N–H and O–H groups in total. The Kier molecular flexibility index (Phi) is 6.28. The van der Waals surface area contributed by atoms with Gasteiger partial charge < -0.3 is 19.8 Å². The fraction of sp³-hybridized carbons (Fsp3) is 0.286. The molecule has 0 aliphatic carbocycles. The number of amides is 1. The highest BCUT2D eigenvalue weighted by Gasteiger charge is 2.20. The molecule has 26 heavy (non-hydrogen) atoms. The van der Waals surface area contributed by atoms with Crippen LogP contribution in [0.1, 0.15) is 29.5 Å². The van der Waals surface area contributed by atoms with Gasteiger partial charge in [-0.25, -0.2) is 0 Å². The molecule has 3 aromatic rings. The second-order valence-electron chi connectivity index (χ2n) is 6.01. The monoisotopic (exact) mass is 352 g/mol. The van der Waals surface area contributed by atoms with Gasteiger partial charge in [-0.1, -0.05) is 43.3 Å². The van der Waals surface area contributed by atoms with E-state index in [4.69, 9.17) is 9.15 Å². The van der Waals surface area contributed by atoms with Gasteiger partial charge in [-0.05, 0) is 31.2 Å². The molecule has 0 aliphatic rings. The first-order valence-corrected chi connectivity index (χ1v) is 8.96. The van der Waals surface area contributed by atoms with E-state index in [0.29, 0.717) is 17.9 Å². The lowest BCUT2D eigenvalue weighted by molar-refractivity contribution is 0.0925. The van der Waals surface area contributed by atoms with Crippen LogP contribution in [-0.4, -0.2) is 25.5 Å². The van der Waals surface area contributed by atoms with Crippen molar-refractivity contribution in [1.82, 2.24) is 10.6 Å². The third-order valence-electron chi connectivity index (χ3n) is 4.05. The zero-order valence-electron chi connectivity index (χ0n) is 15.0. The van der Waals surface area contributed by atoms with Crippen molar-refractivity contribution in [3.05, 3.63) is 65.9 Å². The molecule has 1 heterocycles. The van der Waals surface area contributed by atoms with Gasteiger partial charge in [0.25, 0.3) is 5.91 Å². The number of hydrogen-bond donors (Lipinski definition) is 2. The molecular weight excluding hydrogens is 328 g/mol. The van der Waals surface area contributed by atoms with Crippen molar-refractivity contribution in [2.75, 3.05) is 19.6 Å². The zero-order chi connectivity index (χ0) is 18.2. The molecule has 0 saturated carbocycles. The van der Waals surface area contributed by atoms with Crippen LogP contribution in [0.25, 0.3) is 11.0 Å². The Balaban J connectivity index is 1.74. The number of nitrogens with one attached hydrogen (secondary N) is 2. The Morgan fingerprint density at radius 2 is 1.77 bits per heavy atom. The van der Waals surface area contributed by atoms with Crippen molar-refractivity contribution in [2.45, 2.75) is 20.0 Å². The first-order chi connectivity index (χ1) is 12.8. The lowest BCUT2D eigenvalue weighted by Gasteiger charge is -2.08. The topological polar surface area (TPSA) is 63.5 Å². The minimum atomic E-state index is -0.217. The molecule has 0 saturated heterocycles. The number of carbonyl (C=O) groups is 1. The number of furan rings is 1. The molecule has 136 valence electrons. The fourth-order valence-electron chi connectivity index (χ4n) is 2.74. The van der Waals surface area contributed by atoms with Gasteiger partial charge in [-0.15, -0.1) is 0 Å². The van der Waals surface area contributed by atoms with E-state index in [1.54, 1.807) is 0 Å². The Labute approximate surface area is 153 Å². The average Bonchev–Trinajstić information content (AvgIpc) is 3.05. The molecule has 1 amide bonds. The van der Waals surface area contributed by atoms with Crippen molar-refractivity contribution in [2.24, 2.45) is 0 Å². The van der Waals surface area contributed by atoms with Crippen LogP contribution in [0.5, 0.6) is 5.75 Å². The van der Waals surface area contributed by atoms with Crippen molar-refractivity contribution in [1.29, 1.82) is 0 Å². The maximum Gasteiger partial charge on any atom is 0.287 e. The number of ether oxygens (including phenoxy) is 1. The van der Waals surface area contributed by atoms with Crippen LogP contribution in [0.4, 0.5) is 0 Å². The second kappa shape index (κ2) is 9.06. The maximum absolute atomic E-state index is 12.6. The number of fused-ring (bicyclic) bond motifs is 1. The minimum Gasteiger partial charge on any atom is -0.489 e. The van der Waals surface area contributed by atoms with Crippen LogP contribution < -0.4 is 15.4 Å². The highest BCUT2D eigenvalue weighted by Crippen LogP contribution is 2.27. The molecule has 0 radical (unpaired) electrons. The molecule has 2 aromatic carbocycles. The summed E-state index contributed by atoms with van der Waals surface area (Å²) in [6.07, 6.45) is 1.07. The van der Waals surface area contributed by atoms with Gasteiger partial charge in [0.1, 0.15) is 17.9 Å².